The molecule has 0 radical (unpaired) electrons. The van der Waals surface area contributed by atoms with E-state index in [-0.39, 0.29) is 11.9 Å². The summed E-state index contributed by atoms with van der Waals surface area (Å²) in [7, 11) is 5.02. The van der Waals surface area contributed by atoms with Crippen LogP contribution in [-0.2, 0) is 6.54 Å². The van der Waals surface area contributed by atoms with E-state index in [1.807, 2.05) is 78.6 Å². The molecule has 184 valence electrons. The van der Waals surface area contributed by atoms with Gasteiger partial charge in [0.05, 0.1) is 21.3 Å². The van der Waals surface area contributed by atoms with E-state index < -0.39 is 0 Å². The fourth-order valence-corrected chi connectivity index (χ4v) is 4.65. The van der Waals surface area contributed by atoms with Crippen molar-refractivity contribution in [2.24, 2.45) is 0 Å². The fraction of sp³-hybridized carbons (Fsp3) is 0.345. The highest BCUT2D eigenvalue weighted by Crippen LogP contribution is 2.30. The summed E-state index contributed by atoms with van der Waals surface area (Å²) in [4.78, 5) is 18.1. The number of ether oxygens (including phenoxy) is 3. The molecule has 0 atom stereocenters. The summed E-state index contributed by atoms with van der Waals surface area (Å²) in [5, 5.41) is 0. The van der Waals surface area contributed by atoms with Crippen molar-refractivity contribution in [1.29, 1.82) is 0 Å². The van der Waals surface area contributed by atoms with Crippen LogP contribution in [0.25, 0.3) is 0 Å². The van der Waals surface area contributed by atoms with Crippen LogP contribution in [0.5, 0.6) is 17.2 Å². The SMILES string of the molecule is COc1ccc(N(C(=O)c2ccc(C)cc2)C2CCN(Cc3cc(OC)ccc3OC)CC2)cc1. The standard InChI is InChI=1S/C29H34N2O4/c1-21-5-7-22(8-6-21)29(32)31(24-9-11-26(33-2)12-10-24)25-15-17-30(18-16-25)20-23-19-27(34-3)13-14-28(23)35-4/h5-14,19,25H,15-18,20H2,1-4H3. The number of piperidine rings is 1. The highest BCUT2D eigenvalue weighted by Gasteiger charge is 2.30. The molecule has 0 aliphatic carbocycles. The summed E-state index contributed by atoms with van der Waals surface area (Å²) in [6.45, 7) is 4.59. The third-order valence-corrected chi connectivity index (χ3v) is 6.67. The molecule has 0 N–H and O–H groups in total. The number of amides is 1. The Hall–Kier alpha value is -3.51. The third kappa shape index (κ3) is 5.77. The fourth-order valence-electron chi connectivity index (χ4n) is 4.65. The number of likely N-dealkylation sites (tertiary alicyclic amines) is 1. The van der Waals surface area contributed by atoms with Crippen molar-refractivity contribution < 1.29 is 19.0 Å². The normalized spacial score (nSPS) is 14.4. The minimum atomic E-state index is 0.0306. The van der Waals surface area contributed by atoms with E-state index in [9.17, 15) is 4.79 Å². The van der Waals surface area contributed by atoms with Crippen LogP contribution < -0.4 is 19.1 Å². The number of benzene rings is 3. The number of hydrogen-bond acceptors (Lipinski definition) is 5. The Bertz CT molecular complexity index is 1120. The van der Waals surface area contributed by atoms with Crippen LogP contribution in [0.15, 0.2) is 66.7 Å². The van der Waals surface area contributed by atoms with Crippen molar-refractivity contribution in [3.63, 3.8) is 0 Å². The Balaban J connectivity index is 1.52. The first-order valence-corrected chi connectivity index (χ1v) is 12.0. The second-order valence-electron chi connectivity index (χ2n) is 8.92. The molecule has 3 aromatic carbocycles. The van der Waals surface area contributed by atoms with E-state index in [1.165, 1.54) is 0 Å². The maximum atomic E-state index is 13.7. The molecule has 4 rings (SSSR count). The number of methoxy groups -OCH3 is 3. The Morgan fingerprint density at radius 1 is 0.857 bits per heavy atom. The second-order valence-corrected chi connectivity index (χ2v) is 8.92. The molecule has 3 aromatic rings. The van der Waals surface area contributed by atoms with Gasteiger partial charge in [0.2, 0.25) is 0 Å². The molecule has 1 aliphatic rings. The van der Waals surface area contributed by atoms with Gasteiger partial charge in [-0.25, -0.2) is 0 Å². The number of rotatable bonds is 8. The molecule has 1 amide bonds. The van der Waals surface area contributed by atoms with Gasteiger partial charge in [-0.05, 0) is 74.4 Å². The van der Waals surface area contributed by atoms with Gasteiger partial charge in [-0.15, -0.1) is 0 Å². The molecular weight excluding hydrogens is 440 g/mol. The zero-order valence-corrected chi connectivity index (χ0v) is 21.0. The number of carbonyl (C=O) groups excluding carboxylic acids is 1. The zero-order valence-electron chi connectivity index (χ0n) is 21.0. The minimum Gasteiger partial charge on any atom is -0.497 e. The van der Waals surface area contributed by atoms with Crippen molar-refractivity contribution in [2.45, 2.75) is 32.4 Å². The lowest BCUT2D eigenvalue weighted by Gasteiger charge is -2.39. The highest BCUT2D eigenvalue weighted by molar-refractivity contribution is 6.06. The Morgan fingerprint density at radius 3 is 2.09 bits per heavy atom. The first-order chi connectivity index (χ1) is 17.0. The Morgan fingerprint density at radius 2 is 1.49 bits per heavy atom. The molecule has 0 unspecified atom stereocenters. The van der Waals surface area contributed by atoms with Crippen LogP contribution >= 0.6 is 0 Å². The number of anilines is 1. The third-order valence-electron chi connectivity index (χ3n) is 6.67. The first kappa shape index (κ1) is 24.6. The van der Waals surface area contributed by atoms with Gasteiger partial charge >= 0.3 is 0 Å². The average molecular weight is 475 g/mol. The molecule has 6 nitrogen and oxygen atoms in total. The van der Waals surface area contributed by atoms with Crippen molar-refractivity contribution in [3.05, 3.63) is 83.4 Å². The topological polar surface area (TPSA) is 51.2 Å². The number of hydrogen-bond donors (Lipinski definition) is 0. The number of nitrogens with zero attached hydrogens (tertiary/aromatic N) is 2. The Labute approximate surface area is 208 Å². The van der Waals surface area contributed by atoms with Crippen LogP contribution in [0.3, 0.4) is 0 Å². The quantitative estimate of drug-likeness (QED) is 0.442. The molecule has 1 fully saturated rings. The van der Waals surface area contributed by atoms with E-state index in [4.69, 9.17) is 14.2 Å². The summed E-state index contributed by atoms with van der Waals surface area (Å²) in [6.07, 6.45) is 1.77. The van der Waals surface area contributed by atoms with Gasteiger partial charge in [0.25, 0.3) is 5.91 Å². The molecule has 0 bridgehead atoms. The lowest BCUT2D eigenvalue weighted by atomic mass is 9.99. The van der Waals surface area contributed by atoms with E-state index in [0.29, 0.717) is 5.56 Å². The van der Waals surface area contributed by atoms with Crippen molar-refractivity contribution >= 4 is 11.6 Å². The van der Waals surface area contributed by atoms with Crippen LogP contribution in [-0.4, -0.2) is 51.3 Å². The summed E-state index contributed by atoms with van der Waals surface area (Å²) in [5.74, 6) is 2.49. The molecule has 1 aliphatic heterocycles. The van der Waals surface area contributed by atoms with Gasteiger partial charge in [0.1, 0.15) is 17.2 Å². The van der Waals surface area contributed by atoms with Crippen LogP contribution in [0.2, 0.25) is 0 Å². The number of carbonyl (C=O) groups is 1. The van der Waals surface area contributed by atoms with E-state index in [2.05, 4.69) is 4.90 Å². The first-order valence-electron chi connectivity index (χ1n) is 12.0. The second kappa shape index (κ2) is 11.3. The van der Waals surface area contributed by atoms with Crippen molar-refractivity contribution in [3.8, 4) is 17.2 Å². The monoisotopic (exact) mass is 474 g/mol. The lowest BCUT2D eigenvalue weighted by molar-refractivity contribution is 0.0958. The summed E-state index contributed by atoms with van der Waals surface area (Å²) in [5.41, 5.74) is 3.84. The smallest absolute Gasteiger partial charge is 0.258 e. The molecular formula is C29H34N2O4. The summed E-state index contributed by atoms with van der Waals surface area (Å²) < 4.78 is 16.3. The molecule has 0 saturated carbocycles. The van der Waals surface area contributed by atoms with Gasteiger partial charge in [-0.2, -0.15) is 0 Å². The van der Waals surface area contributed by atoms with Gasteiger partial charge in [-0.3, -0.25) is 9.69 Å². The highest BCUT2D eigenvalue weighted by atomic mass is 16.5. The molecule has 0 aromatic heterocycles. The zero-order chi connectivity index (χ0) is 24.8. The summed E-state index contributed by atoms with van der Waals surface area (Å²) >= 11 is 0. The predicted octanol–water partition coefficient (Wildman–Crippen LogP) is 5.33. The van der Waals surface area contributed by atoms with E-state index >= 15 is 0 Å². The molecule has 1 heterocycles. The van der Waals surface area contributed by atoms with Gasteiger partial charge in [-0.1, -0.05) is 17.7 Å². The largest absolute Gasteiger partial charge is 0.497 e. The average Bonchev–Trinajstić information content (AvgIpc) is 2.90. The van der Waals surface area contributed by atoms with Gasteiger partial charge < -0.3 is 19.1 Å². The Kier molecular flexibility index (Phi) is 7.93. The van der Waals surface area contributed by atoms with Gasteiger partial charge in [0.15, 0.2) is 0 Å². The van der Waals surface area contributed by atoms with E-state index in [0.717, 1.165) is 66.5 Å². The maximum absolute atomic E-state index is 13.7. The van der Waals surface area contributed by atoms with E-state index in [1.54, 1.807) is 21.3 Å². The summed E-state index contributed by atoms with van der Waals surface area (Å²) in [6, 6.07) is 21.6. The maximum Gasteiger partial charge on any atom is 0.258 e. The van der Waals surface area contributed by atoms with Crippen molar-refractivity contribution in [2.75, 3.05) is 39.3 Å². The minimum absolute atomic E-state index is 0.0306. The number of aryl methyl sites for hydroxylation is 1. The molecule has 1 saturated heterocycles. The molecule has 35 heavy (non-hydrogen) atoms. The van der Waals surface area contributed by atoms with Crippen molar-refractivity contribution in [1.82, 2.24) is 4.90 Å². The van der Waals surface area contributed by atoms with Crippen LogP contribution in [0.1, 0.15) is 34.3 Å². The van der Waals surface area contributed by atoms with Crippen LogP contribution in [0, 0.1) is 6.92 Å². The van der Waals surface area contributed by atoms with Gasteiger partial charge in [0, 0.05) is 42.5 Å². The lowest BCUT2D eigenvalue weighted by Crippen LogP contribution is -2.47. The predicted molar refractivity (Wildman–Crippen MR) is 139 cm³/mol. The molecule has 6 heteroatoms. The molecule has 0 spiro atoms. The van der Waals surface area contributed by atoms with Crippen LogP contribution in [0.4, 0.5) is 5.69 Å².